The first-order valence-electron chi connectivity index (χ1n) is 14.8. The van der Waals surface area contributed by atoms with Gasteiger partial charge in [-0.25, -0.2) is 22.9 Å². The van der Waals surface area contributed by atoms with Crippen LogP contribution in [0.3, 0.4) is 0 Å². The highest BCUT2D eigenvalue weighted by Gasteiger charge is 2.45. The molecule has 1 saturated heterocycles. The number of aryl methyl sites for hydroxylation is 1. The van der Waals surface area contributed by atoms with Gasteiger partial charge in [-0.1, -0.05) is 34.6 Å². The first kappa shape index (κ1) is 33.9. The average molecular weight is 644 g/mol. The van der Waals surface area contributed by atoms with Crippen LogP contribution in [0.4, 0.5) is 29.3 Å². The molecule has 1 aliphatic heterocycles. The van der Waals surface area contributed by atoms with Crippen LogP contribution in [-0.4, -0.2) is 60.6 Å². The minimum Gasteiger partial charge on any atom is -0.465 e. The Morgan fingerprint density at radius 1 is 1.09 bits per heavy atom. The topological polar surface area (TPSA) is 117 Å². The summed E-state index contributed by atoms with van der Waals surface area (Å²) in [4.78, 5) is 35.2. The van der Waals surface area contributed by atoms with Gasteiger partial charge in [-0.2, -0.15) is 0 Å². The smallest absolute Gasteiger partial charge is 0.405 e. The van der Waals surface area contributed by atoms with Crippen LogP contribution >= 0.6 is 0 Å². The number of pyridine rings is 2. The van der Waals surface area contributed by atoms with E-state index in [0.29, 0.717) is 29.9 Å². The molecule has 1 aliphatic rings. The van der Waals surface area contributed by atoms with Crippen molar-refractivity contribution >= 4 is 31.7 Å². The van der Waals surface area contributed by atoms with Crippen LogP contribution in [0.25, 0.3) is 11.3 Å². The number of amides is 2. The molecule has 0 saturated carbocycles. The lowest BCUT2D eigenvalue weighted by Gasteiger charge is -2.48. The second-order valence-corrected chi connectivity index (χ2v) is 17.7. The third kappa shape index (κ3) is 7.47. The van der Waals surface area contributed by atoms with Crippen molar-refractivity contribution in [2.45, 2.75) is 71.3 Å². The van der Waals surface area contributed by atoms with Crippen molar-refractivity contribution in [1.29, 1.82) is 0 Å². The second-order valence-electron chi connectivity index (χ2n) is 12.9. The fourth-order valence-corrected chi connectivity index (χ4v) is 6.64. The molecule has 0 radical (unpaired) electrons. The predicted molar refractivity (Wildman–Crippen MR) is 170 cm³/mol. The van der Waals surface area contributed by atoms with E-state index in [-0.39, 0.29) is 29.3 Å². The zero-order valence-corrected chi connectivity index (χ0v) is 27.5. The van der Waals surface area contributed by atoms with Crippen LogP contribution < -0.4 is 15.5 Å². The molecule has 4 rings (SSSR count). The molecule has 3 heterocycles. The zero-order valence-electron chi connectivity index (χ0n) is 26.5. The third-order valence-electron chi connectivity index (χ3n) is 8.64. The summed E-state index contributed by atoms with van der Waals surface area (Å²) in [6.45, 7) is 15.1. The molecule has 0 aliphatic carbocycles. The van der Waals surface area contributed by atoms with E-state index >= 15 is 0 Å². The van der Waals surface area contributed by atoms with Gasteiger partial charge in [-0.15, -0.1) is 0 Å². The van der Waals surface area contributed by atoms with E-state index in [4.69, 9.17) is 4.43 Å². The molecule has 1 aromatic carbocycles. The monoisotopic (exact) mass is 643 g/mol. The molecule has 0 spiro atoms. The molecule has 3 N–H and O–H groups in total. The first-order valence-corrected chi connectivity index (χ1v) is 17.8. The molecule has 2 amide bonds. The van der Waals surface area contributed by atoms with E-state index in [2.05, 4.69) is 54.5 Å². The molecule has 0 unspecified atom stereocenters. The Labute approximate surface area is 262 Å². The number of hydrogen-bond donors (Lipinski definition) is 3. The molecule has 2 aromatic heterocycles. The molecule has 242 valence electrons. The highest BCUT2D eigenvalue weighted by atomic mass is 28.4. The van der Waals surface area contributed by atoms with Gasteiger partial charge in [0.2, 0.25) is 0 Å². The van der Waals surface area contributed by atoms with Crippen molar-refractivity contribution in [3.63, 3.8) is 0 Å². The van der Waals surface area contributed by atoms with Gasteiger partial charge >= 0.3 is 6.09 Å². The highest BCUT2D eigenvalue weighted by molar-refractivity contribution is 6.74. The maximum atomic E-state index is 14.8. The highest BCUT2D eigenvalue weighted by Crippen LogP contribution is 2.40. The van der Waals surface area contributed by atoms with Crippen molar-refractivity contribution in [3.8, 4) is 11.3 Å². The molecule has 9 nitrogen and oxygen atoms in total. The van der Waals surface area contributed by atoms with Gasteiger partial charge < -0.3 is 25.1 Å². The lowest BCUT2D eigenvalue weighted by molar-refractivity contribution is 0.0722. The van der Waals surface area contributed by atoms with Crippen LogP contribution in [0, 0.1) is 23.4 Å². The second kappa shape index (κ2) is 13.2. The van der Waals surface area contributed by atoms with E-state index in [1.54, 1.807) is 19.2 Å². The van der Waals surface area contributed by atoms with Gasteiger partial charge in [0, 0.05) is 25.2 Å². The number of nitrogens with one attached hydrogen (secondary N) is 2. The Morgan fingerprint density at radius 3 is 2.36 bits per heavy atom. The molecule has 3 aromatic rings. The van der Waals surface area contributed by atoms with Gasteiger partial charge in [0.25, 0.3) is 5.91 Å². The number of carbonyl (C=O) groups excluding carboxylic acids is 1. The summed E-state index contributed by atoms with van der Waals surface area (Å²) in [6.07, 6.45) is 1.83. The van der Waals surface area contributed by atoms with E-state index in [0.717, 1.165) is 24.3 Å². The van der Waals surface area contributed by atoms with Gasteiger partial charge in [0.15, 0.2) is 8.32 Å². The Morgan fingerprint density at radius 2 is 1.76 bits per heavy atom. The quantitative estimate of drug-likeness (QED) is 0.230. The summed E-state index contributed by atoms with van der Waals surface area (Å²) in [7, 11) is -2.24. The molecular formula is C32H40F3N5O4Si. The maximum absolute atomic E-state index is 14.8. The van der Waals surface area contributed by atoms with Crippen molar-refractivity contribution < 1.29 is 32.3 Å². The predicted octanol–water partition coefficient (Wildman–Crippen LogP) is 6.86. The number of carboxylic acid groups (broad SMARTS) is 1. The summed E-state index contributed by atoms with van der Waals surface area (Å²) in [5.74, 6) is -3.79. The minimum atomic E-state index is -2.24. The summed E-state index contributed by atoms with van der Waals surface area (Å²) in [5.41, 5.74) is -0.271. The van der Waals surface area contributed by atoms with E-state index in [9.17, 15) is 27.9 Å². The number of carbonyl (C=O) groups is 2. The van der Waals surface area contributed by atoms with Crippen LogP contribution in [0.2, 0.25) is 18.1 Å². The SMILES string of the molecule is CCc1cc(F)c(-c2nc(C(=O)Nc3cnccc3N3C[C@H](C)[C@@H](O[Si](C)(C)C(C)(C)C)[C@H](NC(=O)O)C3)ccc2F)c(F)c1. The van der Waals surface area contributed by atoms with Crippen LogP contribution in [0.1, 0.15) is 50.7 Å². The number of halogens is 3. The lowest BCUT2D eigenvalue weighted by atomic mass is 9.92. The van der Waals surface area contributed by atoms with Gasteiger partial charge in [0.05, 0.1) is 35.3 Å². The van der Waals surface area contributed by atoms with Gasteiger partial charge in [-0.05, 0) is 60.4 Å². The summed E-state index contributed by atoms with van der Waals surface area (Å²) in [6, 6.07) is 5.41. The third-order valence-corrected chi connectivity index (χ3v) is 13.1. The zero-order chi connectivity index (χ0) is 33.3. The van der Waals surface area contributed by atoms with Crippen molar-refractivity contribution in [2.24, 2.45) is 5.92 Å². The Kier molecular flexibility index (Phi) is 9.93. The average Bonchev–Trinajstić information content (AvgIpc) is 2.94. The van der Waals surface area contributed by atoms with Gasteiger partial charge in [0.1, 0.15) is 28.8 Å². The first-order chi connectivity index (χ1) is 21.0. The van der Waals surface area contributed by atoms with E-state index < -0.39 is 55.1 Å². The largest absolute Gasteiger partial charge is 0.465 e. The molecule has 1 fully saturated rings. The normalized spacial score (nSPS) is 18.9. The van der Waals surface area contributed by atoms with Crippen molar-refractivity contribution in [3.05, 3.63) is 71.4 Å². The molecule has 13 heteroatoms. The fraction of sp³-hybridized carbons (Fsp3) is 0.438. The van der Waals surface area contributed by atoms with Crippen molar-refractivity contribution in [1.82, 2.24) is 15.3 Å². The molecule has 3 atom stereocenters. The summed E-state index contributed by atoms with van der Waals surface area (Å²) < 4.78 is 51.1. The molecule has 0 bridgehead atoms. The number of aromatic nitrogens is 2. The lowest BCUT2D eigenvalue weighted by Crippen LogP contribution is -2.62. The Hall–Kier alpha value is -3.97. The summed E-state index contributed by atoms with van der Waals surface area (Å²) >= 11 is 0. The Balaban J connectivity index is 1.61. The molecular weight excluding hydrogens is 603 g/mol. The van der Waals surface area contributed by atoms with Crippen molar-refractivity contribution in [2.75, 3.05) is 23.3 Å². The van der Waals surface area contributed by atoms with E-state index in [1.165, 1.54) is 6.20 Å². The molecule has 45 heavy (non-hydrogen) atoms. The standard InChI is InChI=1S/C32H40F3N5O4Si/c1-8-19-13-21(34)27(22(35)14-19)28-20(33)9-10-23(37-28)30(41)38-24-15-36-12-11-26(24)40-16-18(2)29(25(17-40)39-31(42)43)44-45(6,7)32(3,4)5/h9-15,18,25,29,39H,8,16-17H2,1-7H3,(H,38,41)(H,42,43)/t18-,25+,29+/m0/s1. The van der Waals surface area contributed by atoms with Crippen LogP contribution in [0.5, 0.6) is 0 Å². The number of nitrogens with zero attached hydrogens (tertiary/aromatic N) is 3. The summed E-state index contributed by atoms with van der Waals surface area (Å²) in [5, 5.41) is 14.9. The number of anilines is 2. The minimum absolute atomic E-state index is 0.0784. The van der Waals surface area contributed by atoms with E-state index in [1.807, 2.05) is 11.8 Å². The number of rotatable bonds is 8. The van der Waals surface area contributed by atoms with Crippen LogP contribution in [-0.2, 0) is 10.8 Å². The number of hydrogen-bond acceptors (Lipinski definition) is 6. The fourth-order valence-electron chi connectivity index (χ4n) is 5.21. The van der Waals surface area contributed by atoms with Gasteiger partial charge in [-0.3, -0.25) is 9.78 Å². The number of piperidine rings is 1. The number of benzene rings is 1. The maximum Gasteiger partial charge on any atom is 0.405 e. The Bertz CT molecular complexity index is 1560. The van der Waals surface area contributed by atoms with Crippen LogP contribution in [0.15, 0.2) is 42.7 Å².